The molecule has 0 bridgehead atoms. The van der Waals surface area contributed by atoms with E-state index in [1.807, 2.05) is 24.0 Å². The van der Waals surface area contributed by atoms with Crippen LogP contribution in [0.15, 0.2) is 22.1 Å². The first-order valence-corrected chi connectivity index (χ1v) is 12.1. The lowest BCUT2D eigenvalue weighted by Gasteiger charge is -2.23. The molecule has 0 spiro atoms. The Kier molecular flexibility index (Phi) is 16.0. The Hall–Kier alpha value is -2.25. The summed E-state index contributed by atoms with van der Waals surface area (Å²) in [5, 5.41) is 5.90. The van der Waals surface area contributed by atoms with E-state index in [1.165, 1.54) is 44.9 Å². The first-order chi connectivity index (χ1) is 15.1. The topological polar surface area (TPSA) is 121 Å². The molecule has 0 saturated heterocycles. The van der Waals surface area contributed by atoms with Crippen LogP contribution in [0.5, 0.6) is 0 Å². The number of hydrogen-bond donors (Lipinski definition) is 4. The van der Waals surface area contributed by atoms with Gasteiger partial charge in [0.15, 0.2) is 11.9 Å². The molecule has 0 radical (unpaired) electrons. The third kappa shape index (κ3) is 15.2. The Labute approximate surface area is 189 Å². The monoisotopic (exact) mass is 435 g/mol. The summed E-state index contributed by atoms with van der Waals surface area (Å²) in [6, 6.07) is -0.111. The molecular formula is C23H45N7O. The molecule has 0 aromatic carbocycles. The van der Waals surface area contributed by atoms with Crippen molar-refractivity contribution in [3.8, 4) is 0 Å². The van der Waals surface area contributed by atoms with Crippen LogP contribution in [0.25, 0.3) is 0 Å². The molecule has 0 unspecified atom stereocenters. The SMILES string of the molecule is CC=CCN=C(N)NCCCCCCCCN1CCCCCCCCN=C(N)NC1=O. The fourth-order valence-corrected chi connectivity index (χ4v) is 3.53. The van der Waals surface area contributed by atoms with Crippen LogP contribution in [-0.2, 0) is 0 Å². The van der Waals surface area contributed by atoms with Gasteiger partial charge in [-0.25, -0.2) is 9.79 Å². The van der Waals surface area contributed by atoms with E-state index in [2.05, 4.69) is 20.6 Å². The highest BCUT2D eigenvalue weighted by Crippen LogP contribution is 2.10. The second-order valence-corrected chi connectivity index (χ2v) is 8.15. The summed E-state index contributed by atoms with van der Waals surface area (Å²) in [7, 11) is 0. The van der Waals surface area contributed by atoms with Crippen LogP contribution in [0.1, 0.15) is 84.0 Å². The fourth-order valence-electron chi connectivity index (χ4n) is 3.53. The van der Waals surface area contributed by atoms with Gasteiger partial charge in [-0.3, -0.25) is 10.3 Å². The van der Waals surface area contributed by atoms with Crippen molar-refractivity contribution in [3.63, 3.8) is 0 Å². The van der Waals surface area contributed by atoms with E-state index >= 15 is 0 Å². The molecule has 0 aliphatic carbocycles. The summed E-state index contributed by atoms with van der Waals surface area (Å²) in [6.07, 6.45) is 17.7. The maximum absolute atomic E-state index is 12.5. The van der Waals surface area contributed by atoms with Gasteiger partial charge in [0.25, 0.3) is 0 Å². The predicted octanol–water partition coefficient (Wildman–Crippen LogP) is 3.49. The van der Waals surface area contributed by atoms with Gasteiger partial charge in [0.2, 0.25) is 0 Å². The third-order valence-electron chi connectivity index (χ3n) is 5.40. The Morgan fingerprint density at radius 1 is 1.10 bits per heavy atom. The number of nitrogens with one attached hydrogen (secondary N) is 2. The molecule has 8 heteroatoms. The number of allylic oxidation sites excluding steroid dienone is 1. The summed E-state index contributed by atoms with van der Waals surface area (Å²) >= 11 is 0. The van der Waals surface area contributed by atoms with Crippen molar-refractivity contribution in [3.05, 3.63) is 12.2 Å². The van der Waals surface area contributed by atoms with Gasteiger partial charge in [-0.1, -0.05) is 63.5 Å². The highest BCUT2D eigenvalue weighted by molar-refractivity contribution is 5.95. The van der Waals surface area contributed by atoms with Crippen molar-refractivity contribution in [1.82, 2.24) is 15.5 Å². The predicted molar refractivity (Wildman–Crippen MR) is 131 cm³/mol. The summed E-state index contributed by atoms with van der Waals surface area (Å²) in [6.45, 7) is 5.73. The van der Waals surface area contributed by atoms with E-state index in [4.69, 9.17) is 11.5 Å². The molecule has 0 aromatic rings. The molecule has 178 valence electrons. The standard InChI is InChI=1S/C23H45N7O/c1-2-3-16-26-21(24)27-17-12-8-4-6-10-14-19-30-20-15-11-7-5-9-13-18-28-22(25)29-23(30)31/h2-3H,4-20H2,1H3,(H3,24,26,27)(H3,25,28,29,31). The zero-order chi connectivity index (χ0) is 22.6. The van der Waals surface area contributed by atoms with Crippen LogP contribution >= 0.6 is 0 Å². The van der Waals surface area contributed by atoms with Crippen molar-refractivity contribution in [1.29, 1.82) is 0 Å². The van der Waals surface area contributed by atoms with Gasteiger partial charge in [-0.15, -0.1) is 0 Å². The highest BCUT2D eigenvalue weighted by atomic mass is 16.2. The first-order valence-electron chi connectivity index (χ1n) is 12.1. The largest absolute Gasteiger partial charge is 0.370 e. The quantitative estimate of drug-likeness (QED) is 0.172. The van der Waals surface area contributed by atoms with Crippen molar-refractivity contribution < 1.29 is 4.79 Å². The number of hydrogen-bond acceptors (Lipinski definition) is 4. The number of unbranched alkanes of at least 4 members (excludes halogenated alkanes) is 5. The van der Waals surface area contributed by atoms with Gasteiger partial charge in [-0.2, -0.15) is 0 Å². The minimum atomic E-state index is -0.111. The number of guanidine groups is 2. The summed E-state index contributed by atoms with van der Waals surface area (Å²) in [5.74, 6) is 0.763. The molecule has 0 fully saturated rings. The van der Waals surface area contributed by atoms with E-state index in [9.17, 15) is 4.79 Å². The number of rotatable bonds is 11. The fraction of sp³-hybridized carbons (Fsp3) is 0.783. The number of carbonyl (C=O) groups is 1. The normalized spacial score (nSPS) is 17.5. The van der Waals surface area contributed by atoms with Gasteiger partial charge >= 0.3 is 6.03 Å². The van der Waals surface area contributed by atoms with Crippen molar-refractivity contribution in [2.45, 2.75) is 84.0 Å². The summed E-state index contributed by atoms with van der Waals surface area (Å²) in [5.41, 5.74) is 11.7. The Bertz CT molecular complexity index is 560. The van der Waals surface area contributed by atoms with Crippen molar-refractivity contribution in [2.75, 3.05) is 32.7 Å². The number of urea groups is 1. The molecule has 31 heavy (non-hydrogen) atoms. The summed E-state index contributed by atoms with van der Waals surface area (Å²) < 4.78 is 0. The minimum Gasteiger partial charge on any atom is -0.370 e. The lowest BCUT2D eigenvalue weighted by molar-refractivity contribution is 0.200. The molecule has 0 atom stereocenters. The average molecular weight is 436 g/mol. The van der Waals surface area contributed by atoms with Crippen LogP contribution in [-0.4, -0.2) is 55.6 Å². The zero-order valence-corrected chi connectivity index (χ0v) is 19.6. The number of amides is 2. The molecule has 0 saturated carbocycles. The average Bonchev–Trinajstić information content (AvgIpc) is 2.76. The van der Waals surface area contributed by atoms with Crippen LogP contribution in [0.2, 0.25) is 0 Å². The minimum absolute atomic E-state index is 0.111. The smallest absolute Gasteiger partial charge is 0.324 e. The maximum atomic E-state index is 12.5. The van der Waals surface area contributed by atoms with E-state index in [0.717, 1.165) is 51.7 Å². The Balaban J connectivity index is 2.18. The molecule has 1 aliphatic rings. The van der Waals surface area contributed by atoms with E-state index < -0.39 is 0 Å². The van der Waals surface area contributed by atoms with Crippen LogP contribution in [0.3, 0.4) is 0 Å². The van der Waals surface area contributed by atoms with Crippen molar-refractivity contribution in [2.24, 2.45) is 21.5 Å². The molecule has 1 aliphatic heterocycles. The number of aliphatic imine (C=N–C) groups is 2. The summed E-state index contributed by atoms with van der Waals surface area (Å²) in [4.78, 5) is 22.9. The molecule has 1 heterocycles. The molecule has 2 amide bonds. The molecule has 0 aromatic heterocycles. The third-order valence-corrected chi connectivity index (χ3v) is 5.40. The molecular weight excluding hydrogens is 390 g/mol. The van der Waals surface area contributed by atoms with E-state index in [-0.39, 0.29) is 12.0 Å². The first kappa shape index (κ1) is 26.8. The van der Waals surface area contributed by atoms with Crippen LogP contribution < -0.4 is 22.1 Å². The van der Waals surface area contributed by atoms with Crippen molar-refractivity contribution >= 4 is 18.0 Å². The lowest BCUT2D eigenvalue weighted by atomic mass is 10.1. The van der Waals surface area contributed by atoms with Crippen LogP contribution in [0.4, 0.5) is 4.79 Å². The van der Waals surface area contributed by atoms with E-state index in [1.54, 1.807) is 0 Å². The maximum Gasteiger partial charge on any atom is 0.324 e. The van der Waals surface area contributed by atoms with Gasteiger partial charge in [-0.05, 0) is 32.6 Å². The Morgan fingerprint density at radius 2 is 1.77 bits per heavy atom. The molecule has 8 nitrogen and oxygen atoms in total. The second kappa shape index (κ2) is 18.5. The van der Waals surface area contributed by atoms with Gasteiger partial charge < -0.3 is 21.7 Å². The van der Waals surface area contributed by atoms with Gasteiger partial charge in [0.1, 0.15) is 0 Å². The molecule has 1 rings (SSSR count). The Morgan fingerprint density at radius 3 is 2.55 bits per heavy atom. The number of nitrogens with two attached hydrogens (primary N) is 2. The van der Waals surface area contributed by atoms with E-state index in [0.29, 0.717) is 19.0 Å². The number of nitrogens with zero attached hydrogens (tertiary/aromatic N) is 3. The second-order valence-electron chi connectivity index (χ2n) is 8.15. The lowest BCUT2D eigenvalue weighted by Crippen LogP contribution is -2.46. The van der Waals surface area contributed by atoms with Crippen LogP contribution in [0, 0.1) is 0 Å². The molecule has 6 N–H and O–H groups in total. The highest BCUT2D eigenvalue weighted by Gasteiger charge is 2.14. The van der Waals surface area contributed by atoms with Gasteiger partial charge in [0.05, 0.1) is 6.54 Å². The van der Waals surface area contributed by atoms with Gasteiger partial charge in [0, 0.05) is 26.2 Å². The zero-order valence-electron chi connectivity index (χ0n) is 19.6. The number of carbonyl (C=O) groups excluding carboxylic acids is 1.